The molecular formula is C18H26ClFN4O4. The lowest BCUT2D eigenvalue weighted by atomic mass is 10.0. The molecule has 8 nitrogen and oxygen atoms in total. The van der Waals surface area contributed by atoms with E-state index in [1.165, 1.54) is 18.2 Å². The first-order valence-corrected chi connectivity index (χ1v) is 9.28. The number of nitrogens with one attached hydrogen (secondary N) is 2. The second-order valence-electron chi connectivity index (χ2n) is 7.58. The van der Waals surface area contributed by atoms with Crippen molar-refractivity contribution in [1.82, 2.24) is 15.2 Å². The van der Waals surface area contributed by atoms with E-state index in [0.717, 1.165) is 0 Å². The van der Waals surface area contributed by atoms with Crippen LogP contribution in [0.3, 0.4) is 0 Å². The summed E-state index contributed by atoms with van der Waals surface area (Å²) in [5.41, 5.74) is 0.463. The number of alkyl halides is 1. The van der Waals surface area contributed by atoms with Crippen LogP contribution in [0.5, 0.6) is 0 Å². The Bertz CT molecular complexity index is 760. The van der Waals surface area contributed by atoms with Crippen LogP contribution in [0.2, 0.25) is 5.02 Å². The average Bonchev–Trinajstić information content (AvgIpc) is 2.88. The summed E-state index contributed by atoms with van der Waals surface area (Å²) in [5, 5.41) is 6.64. The number of amides is 2. The lowest BCUT2D eigenvalue weighted by Gasteiger charge is -2.35. The second kappa shape index (κ2) is 8.81. The number of hydrogen-bond acceptors (Lipinski definition) is 5. The third kappa shape index (κ3) is 5.37. The first-order valence-electron chi connectivity index (χ1n) is 8.91. The first-order chi connectivity index (χ1) is 13.0. The SMILES string of the molecule is CON=Cc1c(C(=O)N[C@@H]2CCN(C(=O)OC(C)(C)C)C[C@@H]2F)[nH]c(C)c1Cl. The molecule has 2 atom stereocenters. The van der Waals surface area contributed by atoms with Crippen molar-refractivity contribution in [3.63, 3.8) is 0 Å². The summed E-state index contributed by atoms with van der Waals surface area (Å²) < 4.78 is 19.9. The zero-order valence-corrected chi connectivity index (χ0v) is 17.4. The number of halogens is 2. The van der Waals surface area contributed by atoms with Gasteiger partial charge in [0.15, 0.2) is 0 Å². The highest BCUT2D eigenvalue weighted by Gasteiger charge is 2.35. The molecule has 2 heterocycles. The number of piperidine rings is 1. The molecule has 1 aromatic heterocycles. The molecule has 1 saturated heterocycles. The fourth-order valence-corrected chi connectivity index (χ4v) is 3.02. The minimum absolute atomic E-state index is 0.150. The molecule has 0 saturated carbocycles. The zero-order chi connectivity index (χ0) is 21.1. The maximum absolute atomic E-state index is 14.6. The average molecular weight is 417 g/mol. The van der Waals surface area contributed by atoms with Crippen LogP contribution >= 0.6 is 11.6 Å². The quantitative estimate of drug-likeness (QED) is 0.582. The van der Waals surface area contributed by atoms with Crippen LogP contribution in [0.4, 0.5) is 9.18 Å². The van der Waals surface area contributed by atoms with E-state index in [1.807, 2.05) is 0 Å². The molecule has 0 spiro atoms. The molecule has 1 aliphatic rings. The van der Waals surface area contributed by atoms with Crippen LogP contribution < -0.4 is 5.32 Å². The van der Waals surface area contributed by atoms with Crippen LogP contribution in [0.15, 0.2) is 5.16 Å². The fourth-order valence-electron chi connectivity index (χ4n) is 2.83. The normalized spacial score (nSPS) is 20.3. The van der Waals surface area contributed by atoms with Gasteiger partial charge in [-0.1, -0.05) is 16.8 Å². The number of hydrogen-bond donors (Lipinski definition) is 2. The molecule has 2 amide bonds. The number of ether oxygens (including phenoxy) is 1. The van der Waals surface area contributed by atoms with Crippen molar-refractivity contribution >= 4 is 29.8 Å². The Labute approximate surface area is 168 Å². The molecule has 10 heteroatoms. The maximum Gasteiger partial charge on any atom is 0.410 e. The Balaban J connectivity index is 2.04. The van der Waals surface area contributed by atoms with Gasteiger partial charge in [-0.2, -0.15) is 0 Å². The van der Waals surface area contributed by atoms with Crippen molar-refractivity contribution in [2.75, 3.05) is 20.2 Å². The van der Waals surface area contributed by atoms with Crippen LogP contribution in [0.1, 0.15) is 48.9 Å². The number of aryl methyl sites for hydroxylation is 1. The minimum atomic E-state index is -1.42. The van der Waals surface area contributed by atoms with Gasteiger partial charge >= 0.3 is 6.09 Å². The number of oxime groups is 1. The summed E-state index contributed by atoms with van der Waals surface area (Å²) in [6, 6.07) is -0.735. The van der Waals surface area contributed by atoms with Crippen LogP contribution in [-0.4, -0.2) is 66.1 Å². The van der Waals surface area contributed by atoms with Crippen molar-refractivity contribution in [3.05, 3.63) is 22.0 Å². The van der Waals surface area contributed by atoms with Crippen LogP contribution in [-0.2, 0) is 9.57 Å². The summed E-state index contributed by atoms with van der Waals surface area (Å²) in [5.74, 6) is -0.508. The van der Waals surface area contributed by atoms with E-state index in [-0.39, 0.29) is 25.2 Å². The van der Waals surface area contributed by atoms with Crippen molar-refractivity contribution in [2.24, 2.45) is 5.16 Å². The van der Waals surface area contributed by atoms with Gasteiger partial charge in [0.1, 0.15) is 24.6 Å². The van der Waals surface area contributed by atoms with Crippen molar-refractivity contribution < 1.29 is 23.6 Å². The molecule has 0 aliphatic carbocycles. The zero-order valence-electron chi connectivity index (χ0n) is 16.6. The summed E-state index contributed by atoms with van der Waals surface area (Å²) in [6.45, 7) is 7.09. The Hall–Kier alpha value is -2.29. The summed E-state index contributed by atoms with van der Waals surface area (Å²) in [7, 11) is 1.37. The largest absolute Gasteiger partial charge is 0.444 e. The Morgan fingerprint density at radius 3 is 2.68 bits per heavy atom. The highest BCUT2D eigenvalue weighted by Crippen LogP contribution is 2.24. The molecule has 1 aromatic rings. The smallest absolute Gasteiger partial charge is 0.410 e. The lowest BCUT2D eigenvalue weighted by Crippen LogP contribution is -2.54. The molecule has 2 N–H and O–H groups in total. The van der Waals surface area contributed by atoms with Crippen molar-refractivity contribution in [3.8, 4) is 0 Å². The number of carbonyl (C=O) groups is 2. The highest BCUT2D eigenvalue weighted by atomic mass is 35.5. The number of aromatic amines is 1. The lowest BCUT2D eigenvalue weighted by molar-refractivity contribution is 0.00970. The maximum atomic E-state index is 14.6. The molecule has 2 rings (SSSR count). The molecule has 1 aliphatic heterocycles. The molecule has 0 bridgehead atoms. The molecular weight excluding hydrogens is 391 g/mol. The van der Waals surface area contributed by atoms with Gasteiger partial charge in [0.25, 0.3) is 5.91 Å². The molecule has 0 radical (unpaired) electrons. The number of nitrogens with zero attached hydrogens (tertiary/aromatic N) is 2. The number of H-pyrrole nitrogens is 1. The summed E-state index contributed by atoms with van der Waals surface area (Å²) in [4.78, 5) is 33.6. The third-order valence-corrected chi connectivity index (χ3v) is 4.66. The van der Waals surface area contributed by atoms with E-state index in [9.17, 15) is 14.0 Å². The predicted octanol–water partition coefficient (Wildman–Crippen LogP) is 3.03. The van der Waals surface area contributed by atoms with E-state index in [0.29, 0.717) is 16.3 Å². The van der Waals surface area contributed by atoms with Gasteiger partial charge in [0, 0.05) is 17.8 Å². The standard InChI is InChI=1S/C18H26ClFN4O4/c1-10-14(19)11(8-21-27-5)15(22-10)16(25)23-13-6-7-24(9-12(13)20)17(26)28-18(2,3)4/h8,12-13,22H,6-7,9H2,1-5H3,(H,23,25)/t12-,13+/m0/s1. The van der Waals surface area contributed by atoms with Gasteiger partial charge < -0.3 is 24.8 Å². The predicted molar refractivity (Wildman–Crippen MR) is 104 cm³/mol. The molecule has 1 fully saturated rings. The topological polar surface area (TPSA) is 96.0 Å². The number of aromatic nitrogens is 1. The third-order valence-electron chi connectivity index (χ3n) is 4.17. The minimum Gasteiger partial charge on any atom is -0.444 e. The second-order valence-corrected chi connectivity index (χ2v) is 7.96. The number of likely N-dealkylation sites (tertiary alicyclic amines) is 1. The van der Waals surface area contributed by atoms with Crippen molar-refractivity contribution in [2.45, 2.75) is 51.9 Å². The Kier molecular flexibility index (Phi) is 6.92. The fraction of sp³-hybridized carbons (Fsp3) is 0.611. The van der Waals surface area contributed by atoms with E-state index >= 15 is 0 Å². The molecule has 28 heavy (non-hydrogen) atoms. The van der Waals surface area contributed by atoms with Crippen LogP contribution in [0, 0.1) is 6.92 Å². The molecule has 0 aromatic carbocycles. The van der Waals surface area contributed by atoms with Gasteiger partial charge in [-0.3, -0.25) is 4.79 Å². The molecule has 0 unspecified atom stereocenters. The van der Waals surface area contributed by atoms with Crippen LogP contribution in [0.25, 0.3) is 0 Å². The number of rotatable bonds is 4. The van der Waals surface area contributed by atoms with Gasteiger partial charge in [-0.25, -0.2) is 9.18 Å². The van der Waals surface area contributed by atoms with E-state index in [2.05, 4.69) is 20.3 Å². The number of carbonyl (C=O) groups excluding carboxylic acids is 2. The Morgan fingerprint density at radius 1 is 1.43 bits per heavy atom. The van der Waals surface area contributed by atoms with Gasteiger partial charge in [0.2, 0.25) is 0 Å². The van der Waals surface area contributed by atoms with E-state index in [4.69, 9.17) is 16.3 Å². The summed E-state index contributed by atoms with van der Waals surface area (Å²) >= 11 is 6.18. The first kappa shape index (κ1) is 22.0. The Morgan fingerprint density at radius 2 is 2.11 bits per heavy atom. The van der Waals surface area contributed by atoms with Gasteiger partial charge in [-0.05, 0) is 34.1 Å². The monoisotopic (exact) mass is 416 g/mol. The van der Waals surface area contributed by atoms with Gasteiger partial charge in [-0.15, -0.1) is 0 Å². The molecule has 156 valence electrons. The van der Waals surface area contributed by atoms with E-state index < -0.39 is 29.8 Å². The van der Waals surface area contributed by atoms with Crippen molar-refractivity contribution in [1.29, 1.82) is 0 Å². The van der Waals surface area contributed by atoms with E-state index in [1.54, 1.807) is 27.7 Å². The summed E-state index contributed by atoms with van der Waals surface area (Å²) in [6.07, 6.45) is -0.405. The highest BCUT2D eigenvalue weighted by molar-refractivity contribution is 6.34. The van der Waals surface area contributed by atoms with Gasteiger partial charge in [0.05, 0.1) is 23.8 Å².